The summed E-state index contributed by atoms with van der Waals surface area (Å²) in [5.74, 6) is 0. The largest absolute Gasteiger partial charge is 0.326 e. The minimum atomic E-state index is -0.0913. The van der Waals surface area contributed by atoms with E-state index in [1.165, 1.54) is 31.0 Å². The summed E-state index contributed by atoms with van der Waals surface area (Å²) in [5, 5.41) is 4.35. The van der Waals surface area contributed by atoms with Crippen LogP contribution in [0.3, 0.4) is 0 Å². The Balaban J connectivity index is 2.05. The van der Waals surface area contributed by atoms with Gasteiger partial charge in [0.05, 0.1) is 5.69 Å². The normalized spacial score (nSPS) is 15.9. The van der Waals surface area contributed by atoms with Crippen molar-refractivity contribution in [3.05, 3.63) is 28.2 Å². The number of aryl methyl sites for hydroxylation is 1. The average Bonchev–Trinajstić information content (AvgIpc) is 2.27. The van der Waals surface area contributed by atoms with E-state index in [-0.39, 0.29) is 5.56 Å². The number of H-pyrrole nitrogens is 1. The molecule has 1 aromatic rings. The predicted molar refractivity (Wildman–Crippen MR) is 65.9 cm³/mol. The monoisotopic (exact) mass is 219 g/mol. The zero-order valence-electron chi connectivity index (χ0n) is 9.55. The molecule has 1 aromatic heterocycles. The van der Waals surface area contributed by atoms with Crippen molar-refractivity contribution in [2.75, 3.05) is 5.43 Å². The maximum atomic E-state index is 11.2. The number of aromatic nitrogens is 1. The van der Waals surface area contributed by atoms with Gasteiger partial charge in [0, 0.05) is 17.5 Å². The minimum absolute atomic E-state index is 0.0913. The van der Waals surface area contributed by atoms with Gasteiger partial charge in [0.15, 0.2) is 0 Å². The molecule has 0 bridgehead atoms. The van der Waals surface area contributed by atoms with E-state index in [4.69, 9.17) is 0 Å². The smallest absolute Gasteiger partial charge is 0.250 e. The molecule has 0 aliphatic heterocycles. The Morgan fingerprint density at radius 1 is 1.25 bits per heavy atom. The summed E-state index contributed by atoms with van der Waals surface area (Å²) in [6, 6.07) is 3.41. The number of rotatable bonds is 2. The Morgan fingerprint density at radius 2 is 2.00 bits per heavy atom. The van der Waals surface area contributed by atoms with Crippen molar-refractivity contribution in [1.82, 2.24) is 4.98 Å². The number of anilines is 1. The molecule has 2 N–H and O–H groups in total. The summed E-state index contributed by atoms with van der Waals surface area (Å²) in [6.07, 6.45) is 5.93. The summed E-state index contributed by atoms with van der Waals surface area (Å²) in [6.45, 7) is 1.86. The van der Waals surface area contributed by atoms with Crippen molar-refractivity contribution in [3.8, 4) is 0 Å². The summed E-state index contributed by atoms with van der Waals surface area (Å²) in [4.78, 5) is 13.9. The Hall–Kier alpha value is -1.58. The van der Waals surface area contributed by atoms with Crippen molar-refractivity contribution in [2.24, 2.45) is 5.10 Å². The lowest BCUT2D eigenvalue weighted by Crippen LogP contribution is -2.10. The lowest BCUT2D eigenvalue weighted by molar-refractivity contribution is 0.665. The van der Waals surface area contributed by atoms with E-state index in [1.54, 1.807) is 0 Å². The van der Waals surface area contributed by atoms with Crippen LogP contribution in [-0.4, -0.2) is 10.7 Å². The van der Waals surface area contributed by atoms with Gasteiger partial charge in [-0.05, 0) is 38.7 Å². The summed E-state index contributed by atoms with van der Waals surface area (Å²) < 4.78 is 0. The van der Waals surface area contributed by atoms with E-state index in [9.17, 15) is 4.79 Å². The van der Waals surface area contributed by atoms with E-state index in [1.807, 2.05) is 13.0 Å². The molecule has 4 nitrogen and oxygen atoms in total. The molecule has 0 unspecified atom stereocenters. The number of nitrogens with one attached hydrogen (secondary N) is 2. The Kier molecular flexibility index (Phi) is 3.39. The molecule has 1 saturated carbocycles. The third kappa shape index (κ3) is 2.95. The molecule has 16 heavy (non-hydrogen) atoms. The van der Waals surface area contributed by atoms with Gasteiger partial charge < -0.3 is 4.98 Å². The second-order valence-electron chi connectivity index (χ2n) is 4.27. The molecular formula is C12H17N3O. The lowest BCUT2D eigenvalue weighted by atomic mass is 9.99. The van der Waals surface area contributed by atoms with Gasteiger partial charge in [-0.2, -0.15) is 5.10 Å². The van der Waals surface area contributed by atoms with Gasteiger partial charge in [-0.1, -0.05) is 6.42 Å². The summed E-state index contributed by atoms with van der Waals surface area (Å²) in [5.41, 5.74) is 5.69. The second-order valence-corrected chi connectivity index (χ2v) is 4.27. The van der Waals surface area contributed by atoms with Gasteiger partial charge in [-0.3, -0.25) is 10.2 Å². The summed E-state index contributed by atoms with van der Waals surface area (Å²) >= 11 is 0. The summed E-state index contributed by atoms with van der Waals surface area (Å²) in [7, 11) is 0. The third-order valence-electron chi connectivity index (χ3n) is 2.75. The maximum Gasteiger partial charge on any atom is 0.250 e. The zero-order valence-corrected chi connectivity index (χ0v) is 9.55. The minimum Gasteiger partial charge on any atom is -0.326 e. The standard InChI is InChI=1S/C12H17N3O/c1-9-7-11(8-12(16)13-9)15-14-10-5-3-2-4-6-10/h7-8H,2-6H2,1H3,(H2,13,15,16). The highest BCUT2D eigenvalue weighted by Gasteiger charge is 2.06. The number of hydrogen-bond acceptors (Lipinski definition) is 3. The van der Waals surface area contributed by atoms with Crippen LogP contribution in [0.15, 0.2) is 22.0 Å². The van der Waals surface area contributed by atoms with Crippen LogP contribution < -0.4 is 11.0 Å². The predicted octanol–water partition coefficient (Wildman–Crippen LogP) is 2.42. The van der Waals surface area contributed by atoms with Crippen molar-refractivity contribution >= 4 is 11.4 Å². The molecule has 0 radical (unpaired) electrons. The van der Waals surface area contributed by atoms with Crippen molar-refractivity contribution in [1.29, 1.82) is 0 Å². The Bertz CT molecular complexity index is 440. The first kappa shape index (κ1) is 10.9. The van der Waals surface area contributed by atoms with Crippen LogP contribution in [0.1, 0.15) is 37.8 Å². The lowest BCUT2D eigenvalue weighted by Gasteiger charge is -2.12. The highest BCUT2D eigenvalue weighted by molar-refractivity contribution is 5.85. The van der Waals surface area contributed by atoms with Crippen LogP contribution in [0.5, 0.6) is 0 Å². The first-order valence-electron chi connectivity index (χ1n) is 5.76. The van der Waals surface area contributed by atoms with Crippen molar-refractivity contribution < 1.29 is 0 Å². The average molecular weight is 219 g/mol. The molecule has 0 aromatic carbocycles. The molecule has 4 heteroatoms. The maximum absolute atomic E-state index is 11.2. The van der Waals surface area contributed by atoms with Crippen LogP contribution >= 0.6 is 0 Å². The fraction of sp³-hybridized carbons (Fsp3) is 0.500. The molecule has 0 amide bonds. The second kappa shape index (κ2) is 4.96. The quantitative estimate of drug-likeness (QED) is 0.750. The molecule has 0 saturated heterocycles. The van der Waals surface area contributed by atoms with Crippen LogP contribution in [0.4, 0.5) is 5.69 Å². The fourth-order valence-corrected chi connectivity index (χ4v) is 1.96. The molecule has 86 valence electrons. The van der Waals surface area contributed by atoms with Crippen LogP contribution in [0.25, 0.3) is 0 Å². The first-order valence-corrected chi connectivity index (χ1v) is 5.76. The molecular weight excluding hydrogens is 202 g/mol. The van der Waals surface area contributed by atoms with E-state index < -0.39 is 0 Å². The van der Waals surface area contributed by atoms with Gasteiger partial charge in [0.25, 0.3) is 0 Å². The number of pyridine rings is 1. The van der Waals surface area contributed by atoms with Gasteiger partial charge in [-0.15, -0.1) is 0 Å². The fourth-order valence-electron chi connectivity index (χ4n) is 1.96. The van der Waals surface area contributed by atoms with Crippen LogP contribution in [0.2, 0.25) is 0 Å². The molecule has 1 aliphatic carbocycles. The van der Waals surface area contributed by atoms with Crippen molar-refractivity contribution in [3.63, 3.8) is 0 Å². The van der Waals surface area contributed by atoms with E-state index >= 15 is 0 Å². The third-order valence-corrected chi connectivity index (χ3v) is 2.75. The molecule has 1 fully saturated rings. The van der Waals surface area contributed by atoms with E-state index in [0.29, 0.717) is 0 Å². The molecule has 0 spiro atoms. The van der Waals surface area contributed by atoms with E-state index in [2.05, 4.69) is 15.5 Å². The SMILES string of the molecule is Cc1cc(NN=C2CCCCC2)cc(=O)[nH]1. The van der Waals surface area contributed by atoms with Crippen molar-refractivity contribution in [2.45, 2.75) is 39.0 Å². The Morgan fingerprint density at radius 3 is 2.69 bits per heavy atom. The van der Waals surface area contributed by atoms with Crippen LogP contribution in [0, 0.1) is 6.92 Å². The van der Waals surface area contributed by atoms with E-state index in [0.717, 1.165) is 24.2 Å². The molecule has 1 heterocycles. The highest BCUT2D eigenvalue weighted by Crippen LogP contribution is 2.15. The van der Waals surface area contributed by atoms with Gasteiger partial charge in [0.2, 0.25) is 5.56 Å². The first-order chi connectivity index (χ1) is 7.74. The topological polar surface area (TPSA) is 57.2 Å². The highest BCUT2D eigenvalue weighted by atomic mass is 16.1. The Labute approximate surface area is 94.8 Å². The zero-order chi connectivity index (χ0) is 11.4. The molecule has 2 rings (SSSR count). The van der Waals surface area contributed by atoms with Gasteiger partial charge >= 0.3 is 0 Å². The van der Waals surface area contributed by atoms with Gasteiger partial charge in [0.1, 0.15) is 0 Å². The number of hydrazone groups is 1. The number of nitrogens with zero attached hydrogens (tertiary/aromatic N) is 1. The molecule has 1 aliphatic rings. The number of hydrogen-bond donors (Lipinski definition) is 2. The van der Waals surface area contributed by atoms with Gasteiger partial charge in [-0.25, -0.2) is 0 Å². The molecule has 0 atom stereocenters. The van der Waals surface area contributed by atoms with Crippen LogP contribution in [-0.2, 0) is 0 Å². The number of aromatic amines is 1.